The predicted molar refractivity (Wildman–Crippen MR) is 99.8 cm³/mol. The number of aromatic nitrogens is 1. The molecule has 1 saturated heterocycles. The van der Waals surface area contributed by atoms with Crippen molar-refractivity contribution in [1.29, 1.82) is 0 Å². The van der Waals surface area contributed by atoms with Gasteiger partial charge in [-0.3, -0.25) is 0 Å². The Balaban J connectivity index is 1.57. The Morgan fingerprint density at radius 2 is 1.96 bits per heavy atom. The molecule has 0 aliphatic carbocycles. The molecular weight excluding hydrogens is 361 g/mol. The molecule has 0 bridgehead atoms. The highest BCUT2D eigenvalue weighted by molar-refractivity contribution is 7.89. The second-order valence-electron chi connectivity index (χ2n) is 6.18. The van der Waals surface area contributed by atoms with E-state index >= 15 is 0 Å². The van der Waals surface area contributed by atoms with Crippen LogP contribution in [-0.2, 0) is 10.0 Å². The van der Waals surface area contributed by atoms with Crippen molar-refractivity contribution in [3.8, 4) is 11.3 Å². The lowest BCUT2D eigenvalue weighted by Gasteiger charge is -2.31. The fraction of sp³-hybridized carbons (Fsp3) is 0.471. The summed E-state index contributed by atoms with van der Waals surface area (Å²) in [5.74, 6) is -0.0411. The van der Waals surface area contributed by atoms with Crippen molar-refractivity contribution in [2.75, 3.05) is 24.2 Å². The third-order valence-corrected chi connectivity index (χ3v) is 7.13. The van der Waals surface area contributed by atoms with Gasteiger partial charge in [0.2, 0.25) is 10.0 Å². The molecule has 1 aliphatic heterocycles. The van der Waals surface area contributed by atoms with Crippen molar-refractivity contribution in [1.82, 2.24) is 9.29 Å². The van der Waals surface area contributed by atoms with Crippen LogP contribution in [0, 0.1) is 5.82 Å². The standard InChI is InChI=1S/C17H22FN3O2S2/c1-2-11-25(22,23)21-9-7-15(8-10-21)19-17-20-16(12-24-17)13-3-5-14(18)6-4-13/h3-6,12,15H,2,7-11H2,1H3,(H,19,20). The lowest BCUT2D eigenvalue weighted by molar-refractivity contribution is 0.329. The molecule has 1 aliphatic rings. The number of nitrogens with zero attached hydrogens (tertiary/aromatic N) is 2. The van der Waals surface area contributed by atoms with Gasteiger partial charge in [-0.2, -0.15) is 0 Å². The highest BCUT2D eigenvalue weighted by Crippen LogP contribution is 2.27. The molecule has 0 atom stereocenters. The molecule has 2 aromatic rings. The molecule has 5 nitrogen and oxygen atoms in total. The van der Waals surface area contributed by atoms with Crippen LogP contribution in [0.25, 0.3) is 11.3 Å². The van der Waals surface area contributed by atoms with Crippen LogP contribution in [0.3, 0.4) is 0 Å². The highest BCUT2D eigenvalue weighted by Gasteiger charge is 2.27. The normalized spacial score (nSPS) is 16.9. The summed E-state index contributed by atoms with van der Waals surface area (Å²) in [5, 5.41) is 6.15. The van der Waals surface area contributed by atoms with E-state index in [4.69, 9.17) is 0 Å². The molecule has 1 N–H and O–H groups in total. The first-order valence-corrected chi connectivity index (χ1v) is 10.9. The number of anilines is 1. The average Bonchev–Trinajstić information content (AvgIpc) is 3.04. The van der Waals surface area contributed by atoms with Gasteiger partial charge in [-0.25, -0.2) is 22.1 Å². The second kappa shape index (κ2) is 7.80. The van der Waals surface area contributed by atoms with E-state index in [1.165, 1.54) is 23.5 Å². The number of thiazole rings is 1. The molecule has 0 unspecified atom stereocenters. The Hall–Kier alpha value is -1.51. The van der Waals surface area contributed by atoms with Gasteiger partial charge in [0.05, 0.1) is 11.4 Å². The van der Waals surface area contributed by atoms with Crippen LogP contribution in [0.2, 0.25) is 0 Å². The molecule has 0 saturated carbocycles. The van der Waals surface area contributed by atoms with Crippen molar-refractivity contribution in [3.63, 3.8) is 0 Å². The lowest BCUT2D eigenvalue weighted by atomic mass is 10.1. The Kier molecular flexibility index (Phi) is 5.71. The first-order valence-electron chi connectivity index (χ1n) is 8.44. The summed E-state index contributed by atoms with van der Waals surface area (Å²) in [7, 11) is -3.10. The minimum Gasteiger partial charge on any atom is -0.359 e. The maximum absolute atomic E-state index is 13.0. The number of rotatable bonds is 6. The molecule has 1 aromatic carbocycles. The van der Waals surface area contributed by atoms with E-state index in [1.54, 1.807) is 16.4 Å². The van der Waals surface area contributed by atoms with E-state index in [1.807, 2.05) is 12.3 Å². The van der Waals surface area contributed by atoms with Crippen molar-refractivity contribution >= 4 is 26.5 Å². The number of sulfonamides is 1. The third kappa shape index (κ3) is 4.56. The smallest absolute Gasteiger partial charge is 0.214 e. The molecule has 3 rings (SSSR count). The lowest BCUT2D eigenvalue weighted by Crippen LogP contribution is -2.43. The largest absolute Gasteiger partial charge is 0.359 e. The molecule has 136 valence electrons. The first kappa shape index (κ1) is 18.3. The molecule has 25 heavy (non-hydrogen) atoms. The minimum atomic E-state index is -3.10. The van der Waals surface area contributed by atoms with Crippen molar-refractivity contribution < 1.29 is 12.8 Å². The maximum atomic E-state index is 13.0. The number of benzene rings is 1. The quantitative estimate of drug-likeness (QED) is 0.828. The monoisotopic (exact) mass is 383 g/mol. The van der Waals surface area contributed by atoms with Crippen LogP contribution in [0.15, 0.2) is 29.6 Å². The van der Waals surface area contributed by atoms with E-state index in [2.05, 4.69) is 10.3 Å². The van der Waals surface area contributed by atoms with E-state index in [-0.39, 0.29) is 17.6 Å². The Labute approximate surface area is 151 Å². The molecule has 1 aromatic heterocycles. The first-order chi connectivity index (χ1) is 12.0. The number of hydrogen-bond acceptors (Lipinski definition) is 5. The van der Waals surface area contributed by atoms with Crippen LogP contribution >= 0.6 is 11.3 Å². The van der Waals surface area contributed by atoms with Gasteiger partial charge < -0.3 is 5.32 Å². The second-order valence-corrected chi connectivity index (χ2v) is 9.13. The number of piperidine rings is 1. The number of halogens is 1. The summed E-state index contributed by atoms with van der Waals surface area (Å²) in [5.41, 5.74) is 1.70. The minimum absolute atomic E-state index is 0.221. The molecule has 0 amide bonds. The van der Waals surface area contributed by atoms with E-state index < -0.39 is 10.0 Å². The number of hydrogen-bond donors (Lipinski definition) is 1. The zero-order valence-electron chi connectivity index (χ0n) is 14.1. The number of nitrogens with one attached hydrogen (secondary N) is 1. The summed E-state index contributed by atoms with van der Waals surface area (Å²) in [6.45, 7) is 2.99. The fourth-order valence-corrected chi connectivity index (χ4v) is 5.27. The van der Waals surface area contributed by atoms with Gasteiger partial charge in [0.15, 0.2) is 5.13 Å². The molecular formula is C17H22FN3O2S2. The van der Waals surface area contributed by atoms with Crippen molar-refractivity contribution in [2.45, 2.75) is 32.2 Å². The van der Waals surface area contributed by atoms with Gasteiger partial charge >= 0.3 is 0 Å². The van der Waals surface area contributed by atoms with Gasteiger partial charge in [0.25, 0.3) is 0 Å². The molecule has 8 heteroatoms. The Bertz CT molecular complexity index is 798. The molecule has 2 heterocycles. The summed E-state index contributed by atoms with van der Waals surface area (Å²) >= 11 is 1.51. The fourth-order valence-electron chi connectivity index (χ4n) is 2.93. The molecule has 1 fully saturated rings. The van der Waals surface area contributed by atoms with Crippen LogP contribution in [-0.4, -0.2) is 42.6 Å². The van der Waals surface area contributed by atoms with Crippen LogP contribution in [0.1, 0.15) is 26.2 Å². The predicted octanol–water partition coefficient (Wildman–Crippen LogP) is 3.57. The van der Waals surface area contributed by atoms with Crippen LogP contribution in [0.5, 0.6) is 0 Å². The zero-order chi connectivity index (χ0) is 17.9. The average molecular weight is 384 g/mol. The highest BCUT2D eigenvalue weighted by atomic mass is 32.2. The van der Waals surface area contributed by atoms with E-state index in [0.717, 1.165) is 29.2 Å². The van der Waals surface area contributed by atoms with E-state index in [0.29, 0.717) is 19.5 Å². The summed E-state index contributed by atoms with van der Waals surface area (Å²) in [6.07, 6.45) is 2.19. The van der Waals surface area contributed by atoms with Gasteiger partial charge in [0, 0.05) is 30.1 Å². The van der Waals surface area contributed by atoms with Gasteiger partial charge in [0.1, 0.15) is 5.82 Å². The van der Waals surface area contributed by atoms with Crippen LogP contribution < -0.4 is 5.32 Å². The summed E-state index contributed by atoms with van der Waals surface area (Å²) in [4.78, 5) is 4.55. The molecule has 0 spiro atoms. The zero-order valence-corrected chi connectivity index (χ0v) is 15.7. The Morgan fingerprint density at radius 3 is 2.60 bits per heavy atom. The van der Waals surface area contributed by atoms with Crippen molar-refractivity contribution in [2.24, 2.45) is 0 Å². The van der Waals surface area contributed by atoms with E-state index in [9.17, 15) is 12.8 Å². The van der Waals surface area contributed by atoms with Gasteiger partial charge in [-0.1, -0.05) is 6.92 Å². The topological polar surface area (TPSA) is 62.3 Å². The molecule has 0 radical (unpaired) electrons. The Morgan fingerprint density at radius 1 is 1.28 bits per heavy atom. The maximum Gasteiger partial charge on any atom is 0.214 e. The third-order valence-electron chi connectivity index (χ3n) is 4.28. The van der Waals surface area contributed by atoms with Crippen LogP contribution in [0.4, 0.5) is 9.52 Å². The summed E-state index contributed by atoms with van der Waals surface area (Å²) in [6, 6.07) is 6.50. The van der Waals surface area contributed by atoms with Crippen molar-refractivity contribution in [3.05, 3.63) is 35.5 Å². The SMILES string of the molecule is CCCS(=O)(=O)N1CCC(Nc2nc(-c3ccc(F)cc3)cs2)CC1. The van der Waals surface area contributed by atoms with Gasteiger partial charge in [-0.05, 0) is 43.5 Å². The summed E-state index contributed by atoms with van der Waals surface area (Å²) < 4.78 is 38.8. The van der Waals surface area contributed by atoms with Gasteiger partial charge in [-0.15, -0.1) is 11.3 Å².